The molecule has 6 heteroatoms. The summed E-state index contributed by atoms with van der Waals surface area (Å²) in [5.74, 6) is 1.31. The summed E-state index contributed by atoms with van der Waals surface area (Å²) < 4.78 is 5.89. The molecule has 0 aliphatic heterocycles. The summed E-state index contributed by atoms with van der Waals surface area (Å²) in [6, 6.07) is 22.5. The number of nitrogen functional groups attached to an aromatic ring is 1. The second kappa shape index (κ2) is 7.88. The van der Waals surface area contributed by atoms with Crippen molar-refractivity contribution in [2.45, 2.75) is 6.61 Å². The molecule has 4 rings (SSSR count). The Morgan fingerprint density at radius 2 is 1.85 bits per heavy atom. The highest BCUT2D eigenvalue weighted by molar-refractivity contribution is 7.14. The number of hydrogen-bond donors (Lipinski definition) is 2. The van der Waals surface area contributed by atoms with E-state index in [1.54, 1.807) is 11.6 Å². The van der Waals surface area contributed by atoms with Crippen LogP contribution in [0.2, 0.25) is 0 Å². The van der Waals surface area contributed by atoms with E-state index >= 15 is 0 Å². The topological polar surface area (TPSA) is 72.5 Å². The van der Waals surface area contributed by atoms with Crippen molar-refractivity contribution in [1.29, 1.82) is 0 Å². The van der Waals surface area contributed by atoms with Gasteiger partial charge in [0.15, 0.2) is 0 Å². The number of thiazole rings is 1. The molecule has 0 fully saturated rings. The van der Waals surface area contributed by atoms with Crippen molar-refractivity contribution in [2.24, 2.45) is 5.10 Å². The van der Waals surface area contributed by atoms with E-state index in [2.05, 4.69) is 45.8 Å². The first-order valence-corrected chi connectivity index (χ1v) is 9.35. The van der Waals surface area contributed by atoms with Crippen LogP contribution in [0.1, 0.15) is 11.1 Å². The lowest BCUT2D eigenvalue weighted by Crippen LogP contribution is -1.96. The van der Waals surface area contributed by atoms with Gasteiger partial charge in [-0.1, -0.05) is 36.4 Å². The molecule has 0 radical (unpaired) electrons. The summed E-state index contributed by atoms with van der Waals surface area (Å²) >= 11 is 1.41. The highest BCUT2D eigenvalue weighted by Crippen LogP contribution is 2.19. The van der Waals surface area contributed by atoms with Gasteiger partial charge in [-0.2, -0.15) is 5.10 Å². The molecule has 0 spiro atoms. The van der Waals surface area contributed by atoms with E-state index in [-0.39, 0.29) is 0 Å². The van der Waals surface area contributed by atoms with Crippen molar-refractivity contribution in [1.82, 2.24) is 4.98 Å². The van der Waals surface area contributed by atoms with Gasteiger partial charge in [0.05, 0.1) is 6.21 Å². The molecule has 5 nitrogen and oxygen atoms in total. The average Bonchev–Trinajstić information content (AvgIpc) is 3.12. The van der Waals surface area contributed by atoms with Crippen LogP contribution in [0.3, 0.4) is 0 Å². The predicted octanol–water partition coefficient (Wildman–Crippen LogP) is 4.90. The molecule has 134 valence electrons. The van der Waals surface area contributed by atoms with Crippen molar-refractivity contribution in [3.8, 4) is 5.75 Å². The quantitative estimate of drug-likeness (QED) is 0.372. The minimum absolute atomic E-state index is 0.491. The van der Waals surface area contributed by atoms with Gasteiger partial charge in [-0.05, 0) is 52.2 Å². The first-order chi connectivity index (χ1) is 13.3. The van der Waals surface area contributed by atoms with E-state index in [9.17, 15) is 0 Å². The van der Waals surface area contributed by atoms with Crippen molar-refractivity contribution < 1.29 is 4.74 Å². The summed E-state index contributed by atoms with van der Waals surface area (Å²) in [6.07, 6.45) is 1.73. The first-order valence-electron chi connectivity index (χ1n) is 8.47. The summed E-state index contributed by atoms with van der Waals surface area (Å²) in [4.78, 5) is 4.08. The molecule has 0 aliphatic rings. The maximum atomic E-state index is 5.89. The minimum atomic E-state index is 0.491. The van der Waals surface area contributed by atoms with Crippen LogP contribution in [0.25, 0.3) is 10.8 Å². The van der Waals surface area contributed by atoms with Gasteiger partial charge in [0.1, 0.15) is 18.2 Å². The number of rotatable bonds is 6. The predicted molar refractivity (Wildman–Crippen MR) is 112 cm³/mol. The molecular weight excluding hydrogens is 356 g/mol. The van der Waals surface area contributed by atoms with E-state index in [1.807, 2.05) is 36.4 Å². The number of ether oxygens (including phenoxy) is 1. The Kier molecular flexibility index (Phi) is 4.98. The molecule has 1 heterocycles. The van der Waals surface area contributed by atoms with Crippen LogP contribution in [0.15, 0.2) is 77.2 Å². The zero-order chi connectivity index (χ0) is 18.5. The van der Waals surface area contributed by atoms with Gasteiger partial charge in [-0.3, -0.25) is 5.43 Å². The normalized spacial score (nSPS) is 11.1. The Hall–Kier alpha value is -3.38. The zero-order valence-electron chi connectivity index (χ0n) is 14.5. The summed E-state index contributed by atoms with van der Waals surface area (Å²) in [6.45, 7) is 0.533. The Morgan fingerprint density at radius 1 is 1.04 bits per heavy atom. The molecule has 0 atom stereocenters. The van der Waals surface area contributed by atoms with E-state index in [0.717, 1.165) is 16.9 Å². The number of anilines is 2. The fraction of sp³-hybridized carbons (Fsp3) is 0.0476. The first kappa shape index (κ1) is 17.1. The van der Waals surface area contributed by atoms with Gasteiger partial charge in [-0.15, -0.1) is 11.3 Å². The second-order valence-electron chi connectivity index (χ2n) is 5.99. The fourth-order valence-corrected chi connectivity index (χ4v) is 3.19. The molecule has 3 N–H and O–H groups in total. The lowest BCUT2D eigenvalue weighted by atomic mass is 10.1. The third-order valence-electron chi connectivity index (χ3n) is 4.00. The Balaban J connectivity index is 1.34. The Labute approximate surface area is 161 Å². The van der Waals surface area contributed by atoms with Crippen LogP contribution < -0.4 is 15.9 Å². The smallest absolute Gasteiger partial charge is 0.205 e. The number of aromatic nitrogens is 1. The minimum Gasteiger partial charge on any atom is -0.489 e. The molecule has 4 aromatic rings. The molecule has 0 unspecified atom stereocenters. The molecule has 0 aliphatic carbocycles. The molecule has 0 saturated carbocycles. The van der Waals surface area contributed by atoms with Crippen LogP contribution in [0, 0.1) is 0 Å². The fourth-order valence-electron chi connectivity index (χ4n) is 2.64. The third-order valence-corrected chi connectivity index (χ3v) is 4.76. The van der Waals surface area contributed by atoms with Crippen LogP contribution in [-0.2, 0) is 6.61 Å². The molecule has 3 aromatic carbocycles. The zero-order valence-corrected chi connectivity index (χ0v) is 15.3. The van der Waals surface area contributed by atoms with Crippen molar-refractivity contribution in [2.75, 3.05) is 11.2 Å². The number of benzene rings is 3. The molecule has 0 bridgehead atoms. The van der Waals surface area contributed by atoms with Crippen LogP contribution >= 0.6 is 11.3 Å². The van der Waals surface area contributed by atoms with Gasteiger partial charge >= 0.3 is 0 Å². The summed E-state index contributed by atoms with van der Waals surface area (Å²) in [5, 5.41) is 9.04. The largest absolute Gasteiger partial charge is 0.489 e. The maximum absolute atomic E-state index is 5.89. The van der Waals surface area contributed by atoms with Crippen LogP contribution in [0.5, 0.6) is 5.75 Å². The van der Waals surface area contributed by atoms with E-state index in [1.165, 1.54) is 22.1 Å². The van der Waals surface area contributed by atoms with Gasteiger partial charge in [0, 0.05) is 5.38 Å². The van der Waals surface area contributed by atoms with E-state index < -0.39 is 0 Å². The van der Waals surface area contributed by atoms with Gasteiger partial charge in [0.2, 0.25) is 5.13 Å². The molecule has 0 saturated heterocycles. The van der Waals surface area contributed by atoms with E-state index in [4.69, 9.17) is 10.5 Å². The van der Waals surface area contributed by atoms with Gasteiger partial charge in [-0.25, -0.2) is 4.98 Å². The van der Waals surface area contributed by atoms with Gasteiger partial charge in [0.25, 0.3) is 0 Å². The molecule has 1 aromatic heterocycles. The Bertz CT molecular complexity index is 1070. The number of fused-ring (bicyclic) bond motifs is 1. The molecule has 27 heavy (non-hydrogen) atoms. The highest BCUT2D eigenvalue weighted by Gasteiger charge is 1.99. The van der Waals surface area contributed by atoms with Gasteiger partial charge < -0.3 is 10.5 Å². The number of nitrogens with zero attached hydrogens (tertiary/aromatic N) is 2. The van der Waals surface area contributed by atoms with Crippen molar-refractivity contribution >= 4 is 39.3 Å². The Morgan fingerprint density at radius 3 is 2.63 bits per heavy atom. The summed E-state index contributed by atoms with van der Waals surface area (Å²) in [5.41, 5.74) is 10.5. The number of hydrogen-bond acceptors (Lipinski definition) is 6. The second-order valence-corrected chi connectivity index (χ2v) is 6.84. The highest BCUT2D eigenvalue weighted by atomic mass is 32.1. The van der Waals surface area contributed by atoms with Crippen molar-refractivity contribution in [3.63, 3.8) is 0 Å². The summed E-state index contributed by atoms with van der Waals surface area (Å²) in [7, 11) is 0. The lowest BCUT2D eigenvalue weighted by molar-refractivity contribution is 0.306. The average molecular weight is 374 g/mol. The lowest BCUT2D eigenvalue weighted by Gasteiger charge is -2.07. The van der Waals surface area contributed by atoms with E-state index in [0.29, 0.717) is 17.6 Å². The number of nitrogens with two attached hydrogens (primary N) is 1. The number of nitrogens with one attached hydrogen (secondary N) is 1. The van der Waals surface area contributed by atoms with Crippen LogP contribution in [-0.4, -0.2) is 11.2 Å². The third kappa shape index (κ3) is 4.43. The van der Waals surface area contributed by atoms with Crippen LogP contribution in [0.4, 0.5) is 10.9 Å². The standard InChI is InChI=1S/C21H18N4OS/c22-20-14-27-21(24-20)25-23-12-15-6-9-19(10-7-15)26-13-16-5-8-17-3-1-2-4-18(17)11-16/h1-12,14H,13,22H2,(H,24,25). The monoisotopic (exact) mass is 374 g/mol. The van der Waals surface area contributed by atoms with Crippen molar-refractivity contribution in [3.05, 3.63) is 83.2 Å². The molecular formula is C21H18N4OS. The SMILES string of the molecule is Nc1csc(NN=Cc2ccc(OCc3ccc4ccccc4c3)cc2)n1. The number of hydrazone groups is 1. The maximum Gasteiger partial charge on any atom is 0.205 e. The molecule has 0 amide bonds.